The van der Waals surface area contributed by atoms with Crippen LogP contribution < -0.4 is 5.32 Å². The third kappa shape index (κ3) is 5.27. The Morgan fingerprint density at radius 2 is 2.17 bits per heavy atom. The van der Waals surface area contributed by atoms with E-state index in [-0.39, 0.29) is 11.7 Å². The maximum absolute atomic E-state index is 13.1. The van der Waals surface area contributed by atoms with Gasteiger partial charge in [-0.05, 0) is 30.7 Å². The van der Waals surface area contributed by atoms with Crippen LogP contribution in [-0.4, -0.2) is 30.4 Å². The molecule has 0 radical (unpaired) electrons. The minimum Gasteiger partial charge on any atom is -0.355 e. The van der Waals surface area contributed by atoms with Crippen molar-refractivity contribution in [1.82, 2.24) is 10.2 Å². The van der Waals surface area contributed by atoms with Crippen LogP contribution in [-0.2, 0) is 11.3 Å². The molecule has 100 valence electrons. The molecule has 1 aromatic carbocycles. The Labute approximate surface area is 108 Å². The van der Waals surface area contributed by atoms with Gasteiger partial charge in [0, 0.05) is 13.1 Å². The van der Waals surface area contributed by atoms with E-state index in [0.717, 1.165) is 18.5 Å². The van der Waals surface area contributed by atoms with Crippen LogP contribution >= 0.6 is 0 Å². The lowest BCUT2D eigenvalue weighted by molar-refractivity contribution is -0.122. The zero-order valence-corrected chi connectivity index (χ0v) is 11.1. The first kappa shape index (κ1) is 14.6. The summed E-state index contributed by atoms with van der Waals surface area (Å²) in [6.45, 7) is 6.42. The van der Waals surface area contributed by atoms with Gasteiger partial charge in [0.05, 0.1) is 6.54 Å². The maximum atomic E-state index is 13.1. The van der Waals surface area contributed by atoms with Crippen LogP contribution in [0.25, 0.3) is 0 Å². The van der Waals surface area contributed by atoms with Crippen molar-refractivity contribution in [3.8, 4) is 0 Å². The third-order valence-corrected chi connectivity index (χ3v) is 2.68. The van der Waals surface area contributed by atoms with Crippen LogP contribution in [0.5, 0.6) is 0 Å². The van der Waals surface area contributed by atoms with Crippen molar-refractivity contribution in [2.75, 3.05) is 19.6 Å². The third-order valence-electron chi connectivity index (χ3n) is 2.68. The Morgan fingerprint density at radius 3 is 2.78 bits per heavy atom. The highest BCUT2D eigenvalue weighted by Gasteiger charge is 2.09. The number of carbonyl (C=O) groups is 1. The fourth-order valence-corrected chi connectivity index (χ4v) is 1.70. The summed E-state index contributed by atoms with van der Waals surface area (Å²) in [4.78, 5) is 13.6. The van der Waals surface area contributed by atoms with Crippen molar-refractivity contribution in [2.45, 2.75) is 26.8 Å². The predicted molar refractivity (Wildman–Crippen MR) is 70.7 cm³/mol. The van der Waals surface area contributed by atoms with Gasteiger partial charge in [0.2, 0.25) is 5.91 Å². The van der Waals surface area contributed by atoms with E-state index in [9.17, 15) is 9.18 Å². The first-order valence-corrected chi connectivity index (χ1v) is 6.39. The van der Waals surface area contributed by atoms with Crippen LogP contribution in [0.2, 0.25) is 0 Å². The molecule has 0 spiro atoms. The Hall–Kier alpha value is -1.42. The number of carbonyl (C=O) groups excluding carboxylic acids is 1. The Kier molecular flexibility index (Phi) is 6.36. The van der Waals surface area contributed by atoms with Gasteiger partial charge in [-0.25, -0.2) is 4.39 Å². The number of hydrogen-bond donors (Lipinski definition) is 1. The van der Waals surface area contributed by atoms with E-state index in [4.69, 9.17) is 0 Å². The lowest BCUT2D eigenvalue weighted by atomic mass is 10.2. The SMILES string of the molecule is CCCNC(=O)CN(CC)Cc1cccc(F)c1. The molecular formula is C14H21FN2O. The average Bonchev–Trinajstić information content (AvgIpc) is 2.35. The second-order valence-electron chi connectivity index (χ2n) is 4.28. The molecule has 3 nitrogen and oxygen atoms in total. The quantitative estimate of drug-likeness (QED) is 0.806. The summed E-state index contributed by atoms with van der Waals surface area (Å²) in [6.07, 6.45) is 0.932. The van der Waals surface area contributed by atoms with Crippen molar-refractivity contribution in [3.05, 3.63) is 35.6 Å². The van der Waals surface area contributed by atoms with Crippen LogP contribution in [0.4, 0.5) is 4.39 Å². The fourth-order valence-electron chi connectivity index (χ4n) is 1.70. The molecule has 0 fully saturated rings. The van der Waals surface area contributed by atoms with E-state index in [0.29, 0.717) is 19.6 Å². The van der Waals surface area contributed by atoms with Gasteiger partial charge in [0.25, 0.3) is 0 Å². The minimum atomic E-state index is -0.237. The Balaban J connectivity index is 2.49. The maximum Gasteiger partial charge on any atom is 0.234 e. The zero-order chi connectivity index (χ0) is 13.4. The molecule has 4 heteroatoms. The fraction of sp³-hybridized carbons (Fsp3) is 0.500. The summed E-state index contributed by atoms with van der Waals surface area (Å²) < 4.78 is 13.1. The topological polar surface area (TPSA) is 32.3 Å². The number of rotatable bonds is 7. The van der Waals surface area contributed by atoms with Gasteiger partial charge < -0.3 is 5.32 Å². The molecule has 0 aliphatic rings. The molecule has 0 atom stereocenters. The number of halogens is 1. The second-order valence-corrected chi connectivity index (χ2v) is 4.28. The van der Waals surface area contributed by atoms with E-state index >= 15 is 0 Å². The van der Waals surface area contributed by atoms with Gasteiger partial charge in [-0.3, -0.25) is 9.69 Å². The van der Waals surface area contributed by atoms with E-state index in [1.165, 1.54) is 12.1 Å². The monoisotopic (exact) mass is 252 g/mol. The van der Waals surface area contributed by atoms with Crippen molar-refractivity contribution >= 4 is 5.91 Å². The van der Waals surface area contributed by atoms with E-state index in [2.05, 4.69) is 5.32 Å². The molecule has 0 bridgehead atoms. The van der Waals surface area contributed by atoms with Gasteiger partial charge in [-0.15, -0.1) is 0 Å². The zero-order valence-electron chi connectivity index (χ0n) is 11.1. The number of hydrogen-bond acceptors (Lipinski definition) is 2. The highest BCUT2D eigenvalue weighted by atomic mass is 19.1. The smallest absolute Gasteiger partial charge is 0.234 e. The molecule has 1 N–H and O–H groups in total. The summed E-state index contributed by atoms with van der Waals surface area (Å²) in [7, 11) is 0. The second kappa shape index (κ2) is 7.82. The Bertz CT molecular complexity index is 382. The van der Waals surface area contributed by atoms with E-state index < -0.39 is 0 Å². The summed E-state index contributed by atoms with van der Waals surface area (Å²) in [6, 6.07) is 6.49. The largest absolute Gasteiger partial charge is 0.355 e. The number of nitrogens with one attached hydrogen (secondary N) is 1. The summed E-state index contributed by atoms with van der Waals surface area (Å²) >= 11 is 0. The highest BCUT2D eigenvalue weighted by molar-refractivity contribution is 5.77. The van der Waals surface area contributed by atoms with Crippen LogP contribution in [0.1, 0.15) is 25.8 Å². The predicted octanol–water partition coefficient (Wildman–Crippen LogP) is 2.17. The van der Waals surface area contributed by atoms with Gasteiger partial charge >= 0.3 is 0 Å². The van der Waals surface area contributed by atoms with Gasteiger partial charge in [-0.1, -0.05) is 26.0 Å². The van der Waals surface area contributed by atoms with Crippen LogP contribution in [0.15, 0.2) is 24.3 Å². The van der Waals surface area contributed by atoms with E-state index in [1.54, 1.807) is 6.07 Å². The first-order valence-electron chi connectivity index (χ1n) is 6.39. The number of benzene rings is 1. The summed E-state index contributed by atoms with van der Waals surface area (Å²) in [5.74, 6) is -0.214. The molecule has 0 heterocycles. The Morgan fingerprint density at radius 1 is 1.39 bits per heavy atom. The molecule has 0 unspecified atom stereocenters. The molecule has 0 aromatic heterocycles. The lowest BCUT2D eigenvalue weighted by Gasteiger charge is -2.19. The van der Waals surface area contributed by atoms with Gasteiger partial charge in [0.15, 0.2) is 0 Å². The van der Waals surface area contributed by atoms with E-state index in [1.807, 2.05) is 24.8 Å². The highest BCUT2D eigenvalue weighted by Crippen LogP contribution is 2.06. The number of likely N-dealkylation sites (N-methyl/N-ethyl adjacent to an activating group) is 1. The normalized spacial score (nSPS) is 10.7. The molecular weight excluding hydrogens is 231 g/mol. The molecule has 1 amide bonds. The van der Waals surface area contributed by atoms with Crippen LogP contribution in [0.3, 0.4) is 0 Å². The molecule has 18 heavy (non-hydrogen) atoms. The standard InChI is InChI=1S/C14H21FN2O/c1-3-8-16-14(18)11-17(4-2)10-12-6-5-7-13(15)9-12/h5-7,9H,3-4,8,10-11H2,1-2H3,(H,16,18). The van der Waals surface area contributed by atoms with Gasteiger partial charge in [0.1, 0.15) is 5.82 Å². The van der Waals surface area contributed by atoms with Crippen molar-refractivity contribution < 1.29 is 9.18 Å². The lowest BCUT2D eigenvalue weighted by Crippen LogP contribution is -2.37. The van der Waals surface area contributed by atoms with Crippen LogP contribution in [0, 0.1) is 5.82 Å². The van der Waals surface area contributed by atoms with Gasteiger partial charge in [-0.2, -0.15) is 0 Å². The summed E-state index contributed by atoms with van der Waals surface area (Å²) in [5.41, 5.74) is 0.889. The van der Waals surface area contributed by atoms with Crippen molar-refractivity contribution in [2.24, 2.45) is 0 Å². The molecule has 0 aliphatic carbocycles. The number of amides is 1. The first-order chi connectivity index (χ1) is 8.65. The van der Waals surface area contributed by atoms with Crippen molar-refractivity contribution in [3.63, 3.8) is 0 Å². The average molecular weight is 252 g/mol. The molecule has 1 aromatic rings. The minimum absolute atomic E-state index is 0.0232. The molecule has 1 rings (SSSR count). The molecule has 0 saturated carbocycles. The summed E-state index contributed by atoms with van der Waals surface area (Å²) in [5, 5.41) is 2.84. The molecule has 0 saturated heterocycles. The number of nitrogens with zero attached hydrogens (tertiary/aromatic N) is 1. The van der Waals surface area contributed by atoms with Crippen molar-refractivity contribution in [1.29, 1.82) is 0 Å². The molecule has 0 aliphatic heterocycles.